The summed E-state index contributed by atoms with van der Waals surface area (Å²) in [5, 5.41) is 4.27. The lowest BCUT2D eigenvalue weighted by atomic mass is 10.1. The molecule has 1 aliphatic heterocycles. The van der Waals surface area contributed by atoms with Gasteiger partial charge in [0.15, 0.2) is 0 Å². The predicted molar refractivity (Wildman–Crippen MR) is 122 cm³/mol. The van der Waals surface area contributed by atoms with Crippen molar-refractivity contribution >= 4 is 46.0 Å². The summed E-state index contributed by atoms with van der Waals surface area (Å²) < 4.78 is 0. The molecule has 0 aromatic carbocycles. The van der Waals surface area contributed by atoms with Gasteiger partial charge in [-0.3, -0.25) is 9.59 Å². The number of amides is 2. The van der Waals surface area contributed by atoms with E-state index < -0.39 is 0 Å². The maximum absolute atomic E-state index is 12.0. The molecule has 0 saturated carbocycles. The second-order valence-corrected chi connectivity index (χ2v) is 8.50. The quantitative estimate of drug-likeness (QED) is 0.647. The molecule has 2 amide bonds. The molecule has 2 atom stereocenters. The van der Waals surface area contributed by atoms with Crippen molar-refractivity contribution in [2.24, 2.45) is 0 Å². The number of rotatable bonds is 3. The molecule has 2 N–H and O–H groups in total. The molecule has 0 unspecified atom stereocenters. The molecular weight excluding hydrogens is 416 g/mol. The summed E-state index contributed by atoms with van der Waals surface area (Å²) in [5.74, 6) is 0.658. The second-order valence-electron chi connectivity index (χ2n) is 8.06. The van der Waals surface area contributed by atoms with Crippen LogP contribution in [0.25, 0.3) is 22.3 Å². The average molecular weight is 441 g/mol. The SMILES string of the molecule is CC(=O)Nc1cc(-c2c[nH]c3ncc(Cl)cc23)nc(N2C[C@@H](C)N(C(C)=O)[C@@H](C)C2)c1. The lowest BCUT2D eigenvalue weighted by Gasteiger charge is -2.44. The summed E-state index contributed by atoms with van der Waals surface area (Å²) in [6, 6.07) is 5.65. The Morgan fingerprint density at radius 1 is 1.16 bits per heavy atom. The van der Waals surface area contributed by atoms with Crippen molar-refractivity contribution in [2.75, 3.05) is 23.3 Å². The fraction of sp³-hybridized carbons (Fsp3) is 0.364. The van der Waals surface area contributed by atoms with E-state index in [0.29, 0.717) is 35.1 Å². The summed E-state index contributed by atoms with van der Waals surface area (Å²) in [6.45, 7) is 8.46. The lowest BCUT2D eigenvalue weighted by molar-refractivity contribution is -0.133. The van der Waals surface area contributed by atoms with Gasteiger partial charge < -0.3 is 20.1 Å². The van der Waals surface area contributed by atoms with Gasteiger partial charge in [0.2, 0.25) is 11.8 Å². The van der Waals surface area contributed by atoms with E-state index in [4.69, 9.17) is 16.6 Å². The van der Waals surface area contributed by atoms with Crippen LogP contribution in [-0.2, 0) is 9.59 Å². The van der Waals surface area contributed by atoms with Gasteiger partial charge in [-0.1, -0.05) is 11.6 Å². The smallest absolute Gasteiger partial charge is 0.221 e. The number of nitrogens with one attached hydrogen (secondary N) is 2. The van der Waals surface area contributed by atoms with Gasteiger partial charge >= 0.3 is 0 Å². The number of halogens is 1. The van der Waals surface area contributed by atoms with Gasteiger partial charge in [-0.05, 0) is 26.0 Å². The Hall–Kier alpha value is -3.13. The van der Waals surface area contributed by atoms with Crippen molar-refractivity contribution in [2.45, 2.75) is 39.8 Å². The van der Waals surface area contributed by atoms with Gasteiger partial charge in [0.25, 0.3) is 0 Å². The van der Waals surface area contributed by atoms with Crippen LogP contribution in [0.5, 0.6) is 0 Å². The van der Waals surface area contributed by atoms with Crippen molar-refractivity contribution in [3.8, 4) is 11.3 Å². The van der Waals surface area contributed by atoms with Crippen molar-refractivity contribution in [1.29, 1.82) is 0 Å². The van der Waals surface area contributed by atoms with Crippen LogP contribution in [-0.4, -0.2) is 56.8 Å². The molecule has 3 aromatic rings. The van der Waals surface area contributed by atoms with Gasteiger partial charge in [0.1, 0.15) is 11.5 Å². The first-order valence-corrected chi connectivity index (χ1v) is 10.6. The van der Waals surface area contributed by atoms with E-state index in [0.717, 1.165) is 16.8 Å². The third-order valence-electron chi connectivity index (χ3n) is 5.51. The lowest BCUT2D eigenvalue weighted by Crippen LogP contribution is -2.58. The largest absolute Gasteiger partial charge is 0.352 e. The predicted octanol–water partition coefficient (Wildman–Crippen LogP) is 3.68. The molecule has 4 heterocycles. The monoisotopic (exact) mass is 440 g/mol. The molecule has 8 nitrogen and oxygen atoms in total. The average Bonchev–Trinajstić information content (AvgIpc) is 3.09. The van der Waals surface area contributed by atoms with Gasteiger partial charge in [-0.15, -0.1) is 0 Å². The Labute approximate surface area is 185 Å². The van der Waals surface area contributed by atoms with Gasteiger partial charge in [0, 0.05) is 74.1 Å². The third-order valence-corrected chi connectivity index (χ3v) is 5.72. The number of hydrogen-bond donors (Lipinski definition) is 2. The topological polar surface area (TPSA) is 94.2 Å². The standard InChI is InChI=1S/C22H25ClN6O2/c1-12-10-28(11-13(2)29(12)15(4)31)21-7-17(26-14(3)30)6-20(27-21)19-9-25-22-18(19)5-16(23)8-24-22/h5-9,12-13H,10-11H2,1-4H3,(H,24,25)(H,26,27,30)/t12-,13+. The molecule has 9 heteroatoms. The van der Waals surface area contributed by atoms with Crippen LogP contribution in [0.2, 0.25) is 5.02 Å². The van der Waals surface area contributed by atoms with Crippen molar-refractivity contribution in [1.82, 2.24) is 19.9 Å². The van der Waals surface area contributed by atoms with E-state index in [2.05, 4.69) is 20.2 Å². The van der Waals surface area contributed by atoms with Crippen LogP contribution in [0.3, 0.4) is 0 Å². The molecule has 0 aliphatic carbocycles. The molecule has 4 rings (SSSR count). The van der Waals surface area contributed by atoms with Crippen LogP contribution in [0.1, 0.15) is 27.7 Å². The normalized spacial score (nSPS) is 19.0. The van der Waals surface area contributed by atoms with E-state index in [1.54, 1.807) is 13.1 Å². The second kappa shape index (κ2) is 8.19. The molecule has 1 aliphatic rings. The Morgan fingerprint density at radius 3 is 2.52 bits per heavy atom. The first kappa shape index (κ1) is 21.1. The zero-order valence-electron chi connectivity index (χ0n) is 17.9. The van der Waals surface area contributed by atoms with Gasteiger partial charge in [0.05, 0.1) is 10.7 Å². The highest BCUT2D eigenvalue weighted by Gasteiger charge is 2.32. The van der Waals surface area contributed by atoms with Crippen molar-refractivity contribution < 1.29 is 9.59 Å². The van der Waals surface area contributed by atoms with Gasteiger partial charge in [-0.25, -0.2) is 9.97 Å². The minimum Gasteiger partial charge on any atom is -0.352 e. The van der Waals surface area contributed by atoms with Crippen molar-refractivity contribution in [3.05, 3.63) is 35.6 Å². The number of hydrogen-bond acceptors (Lipinski definition) is 5. The number of H-pyrrole nitrogens is 1. The highest BCUT2D eigenvalue weighted by atomic mass is 35.5. The van der Waals surface area contributed by atoms with Crippen molar-refractivity contribution in [3.63, 3.8) is 0 Å². The molecule has 162 valence electrons. The van der Waals surface area contributed by atoms with Crippen LogP contribution >= 0.6 is 11.6 Å². The van der Waals surface area contributed by atoms with Crippen LogP contribution < -0.4 is 10.2 Å². The van der Waals surface area contributed by atoms with E-state index in [9.17, 15) is 9.59 Å². The number of pyridine rings is 2. The van der Waals surface area contributed by atoms with Gasteiger partial charge in [-0.2, -0.15) is 0 Å². The van der Waals surface area contributed by atoms with E-state index in [1.165, 1.54) is 6.92 Å². The number of fused-ring (bicyclic) bond motifs is 1. The minimum absolute atomic E-state index is 0.0482. The molecule has 0 spiro atoms. The molecular formula is C22H25ClN6O2. The highest BCUT2D eigenvalue weighted by Crippen LogP contribution is 2.33. The Bertz CT molecular complexity index is 1150. The fourth-order valence-electron chi connectivity index (χ4n) is 4.41. The maximum Gasteiger partial charge on any atom is 0.221 e. The number of aromatic nitrogens is 3. The first-order chi connectivity index (χ1) is 14.7. The number of carbonyl (C=O) groups is 2. The highest BCUT2D eigenvalue weighted by molar-refractivity contribution is 6.31. The number of nitrogens with zero attached hydrogens (tertiary/aromatic N) is 4. The summed E-state index contributed by atoms with van der Waals surface area (Å²) in [4.78, 5) is 40.2. The third kappa shape index (κ3) is 4.20. The maximum atomic E-state index is 12.0. The molecule has 0 bridgehead atoms. The zero-order valence-corrected chi connectivity index (χ0v) is 18.7. The number of piperazine rings is 1. The Kier molecular flexibility index (Phi) is 5.58. The number of anilines is 2. The fourth-order valence-corrected chi connectivity index (χ4v) is 4.57. The van der Waals surface area contributed by atoms with E-state index in [1.807, 2.05) is 43.1 Å². The summed E-state index contributed by atoms with van der Waals surface area (Å²) >= 11 is 6.17. The summed E-state index contributed by atoms with van der Waals surface area (Å²) in [5.41, 5.74) is 2.92. The molecule has 0 radical (unpaired) electrons. The Morgan fingerprint density at radius 2 is 1.87 bits per heavy atom. The Balaban J connectivity index is 1.77. The van der Waals surface area contributed by atoms with Crippen LogP contribution in [0.4, 0.5) is 11.5 Å². The summed E-state index contributed by atoms with van der Waals surface area (Å²) in [7, 11) is 0. The molecule has 31 heavy (non-hydrogen) atoms. The molecule has 1 saturated heterocycles. The van der Waals surface area contributed by atoms with Crippen LogP contribution in [0.15, 0.2) is 30.6 Å². The molecule has 1 fully saturated rings. The van der Waals surface area contributed by atoms with Crippen LogP contribution in [0, 0.1) is 0 Å². The van der Waals surface area contributed by atoms with E-state index >= 15 is 0 Å². The first-order valence-electron chi connectivity index (χ1n) is 10.2. The van der Waals surface area contributed by atoms with E-state index in [-0.39, 0.29) is 23.9 Å². The zero-order chi connectivity index (χ0) is 22.3. The minimum atomic E-state index is -0.158. The summed E-state index contributed by atoms with van der Waals surface area (Å²) in [6.07, 6.45) is 3.44. The molecule has 3 aromatic heterocycles. The number of aromatic amines is 1. The number of carbonyl (C=O) groups excluding carboxylic acids is 2.